The first kappa shape index (κ1) is 20.6. The van der Waals surface area contributed by atoms with Crippen LogP contribution in [0.15, 0.2) is 17.0 Å². The summed E-state index contributed by atoms with van der Waals surface area (Å²) in [6.45, 7) is 2.00. The van der Waals surface area contributed by atoms with Crippen molar-refractivity contribution in [2.24, 2.45) is 0 Å². The van der Waals surface area contributed by atoms with E-state index in [4.69, 9.17) is 39.5 Å². The van der Waals surface area contributed by atoms with Crippen LogP contribution in [0.4, 0.5) is 5.13 Å². The lowest BCUT2D eigenvalue weighted by Crippen LogP contribution is -2.41. The zero-order valence-electron chi connectivity index (χ0n) is 13.6. The Morgan fingerprint density at radius 1 is 1.22 bits per heavy atom. The van der Waals surface area contributed by atoms with Crippen LogP contribution in [-0.4, -0.2) is 54.9 Å². The number of amides is 1. The highest BCUT2D eigenvalue weighted by atomic mass is 35.5. The van der Waals surface area contributed by atoms with Crippen LogP contribution in [0.1, 0.15) is 5.82 Å². The van der Waals surface area contributed by atoms with Crippen LogP contribution in [0.5, 0.6) is 0 Å². The zero-order valence-corrected chi connectivity index (χ0v) is 17.5. The Morgan fingerprint density at radius 2 is 1.85 bits per heavy atom. The highest BCUT2D eigenvalue weighted by Gasteiger charge is 2.25. The SMILES string of the molecule is O=C(Cc1nsc(NS(=O)(=O)c2c(Cl)cc(Cl)cc2Cl)n1)N1CCOCC1. The molecule has 1 aliphatic heterocycles. The Bertz CT molecular complexity index is 938. The third kappa shape index (κ3) is 5.01. The summed E-state index contributed by atoms with van der Waals surface area (Å²) < 4.78 is 36.6. The van der Waals surface area contributed by atoms with Crippen LogP contribution in [0.25, 0.3) is 0 Å². The average Bonchev–Trinajstić information content (AvgIpc) is 3.00. The molecule has 8 nitrogen and oxygen atoms in total. The van der Waals surface area contributed by atoms with Crippen molar-refractivity contribution in [3.8, 4) is 0 Å². The lowest BCUT2D eigenvalue weighted by atomic mass is 10.3. The van der Waals surface area contributed by atoms with E-state index in [1.54, 1.807) is 4.90 Å². The largest absolute Gasteiger partial charge is 0.378 e. The van der Waals surface area contributed by atoms with Gasteiger partial charge in [0.1, 0.15) is 4.90 Å². The lowest BCUT2D eigenvalue weighted by Gasteiger charge is -2.26. The normalized spacial score (nSPS) is 15.0. The van der Waals surface area contributed by atoms with Crippen molar-refractivity contribution >= 4 is 67.4 Å². The molecular weight excluding hydrogens is 459 g/mol. The highest BCUT2D eigenvalue weighted by molar-refractivity contribution is 7.93. The molecular formula is C14H13Cl3N4O4S2. The van der Waals surface area contributed by atoms with Gasteiger partial charge in [0.25, 0.3) is 10.0 Å². The Balaban J connectivity index is 1.72. The van der Waals surface area contributed by atoms with Gasteiger partial charge in [0, 0.05) is 29.6 Å². The first-order valence-electron chi connectivity index (χ1n) is 7.62. The van der Waals surface area contributed by atoms with E-state index in [0.29, 0.717) is 26.3 Å². The van der Waals surface area contributed by atoms with E-state index in [-0.39, 0.29) is 43.2 Å². The molecule has 0 bridgehead atoms. The molecule has 0 radical (unpaired) electrons. The number of hydrogen-bond acceptors (Lipinski definition) is 7. The number of anilines is 1. The molecule has 1 aromatic carbocycles. The third-order valence-electron chi connectivity index (χ3n) is 3.59. The molecule has 1 saturated heterocycles. The van der Waals surface area contributed by atoms with Gasteiger partial charge in [-0.3, -0.25) is 9.52 Å². The molecule has 3 rings (SSSR count). The van der Waals surface area contributed by atoms with E-state index in [9.17, 15) is 13.2 Å². The van der Waals surface area contributed by atoms with E-state index in [0.717, 1.165) is 11.5 Å². The maximum Gasteiger partial charge on any atom is 0.266 e. The van der Waals surface area contributed by atoms with Gasteiger partial charge < -0.3 is 9.64 Å². The molecule has 13 heteroatoms. The van der Waals surface area contributed by atoms with Crippen LogP contribution in [0.2, 0.25) is 15.1 Å². The van der Waals surface area contributed by atoms with E-state index < -0.39 is 10.0 Å². The van der Waals surface area contributed by atoms with Crippen molar-refractivity contribution in [1.29, 1.82) is 0 Å². The van der Waals surface area contributed by atoms with Crippen molar-refractivity contribution < 1.29 is 17.9 Å². The average molecular weight is 472 g/mol. The number of aromatic nitrogens is 2. The van der Waals surface area contributed by atoms with Crippen molar-refractivity contribution in [3.63, 3.8) is 0 Å². The topological polar surface area (TPSA) is 101 Å². The Labute approximate surface area is 174 Å². The molecule has 0 atom stereocenters. The molecule has 146 valence electrons. The Kier molecular flexibility index (Phi) is 6.44. The summed E-state index contributed by atoms with van der Waals surface area (Å²) in [5, 5.41) is -0.0231. The summed E-state index contributed by atoms with van der Waals surface area (Å²) in [5.74, 6) is 0.0804. The summed E-state index contributed by atoms with van der Waals surface area (Å²) in [7, 11) is -4.10. The number of carbonyl (C=O) groups is 1. The van der Waals surface area contributed by atoms with E-state index in [1.165, 1.54) is 12.1 Å². The van der Waals surface area contributed by atoms with Gasteiger partial charge in [0.05, 0.1) is 29.7 Å². The fourth-order valence-corrected chi connectivity index (χ4v) is 5.74. The van der Waals surface area contributed by atoms with Crippen molar-refractivity contribution in [2.45, 2.75) is 11.3 Å². The molecule has 0 unspecified atom stereocenters. The van der Waals surface area contributed by atoms with Crippen molar-refractivity contribution in [2.75, 3.05) is 31.0 Å². The van der Waals surface area contributed by atoms with Gasteiger partial charge in [0.2, 0.25) is 11.0 Å². The molecule has 2 heterocycles. The summed E-state index contributed by atoms with van der Waals surface area (Å²) in [4.78, 5) is 17.6. The van der Waals surface area contributed by atoms with Gasteiger partial charge in [-0.15, -0.1) is 0 Å². The number of benzene rings is 1. The number of carbonyl (C=O) groups excluding carboxylic acids is 1. The first-order chi connectivity index (χ1) is 12.8. The molecule has 2 aromatic rings. The minimum Gasteiger partial charge on any atom is -0.378 e. The van der Waals surface area contributed by atoms with Gasteiger partial charge in [0.15, 0.2) is 5.82 Å². The predicted molar refractivity (Wildman–Crippen MR) is 103 cm³/mol. The number of rotatable bonds is 5. The molecule has 0 saturated carbocycles. The Morgan fingerprint density at radius 3 is 2.48 bits per heavy atom. The van der Waals surface area contributed by atoms with Gasteiger partial charge in [-0.2, -0.15) is 4.37 Å². The van der Waals surface area contributed by atoms with Crippen LogP contribution in [0, 0.1) is 0 Å². The fraction of sp³-hybridized carbons (Fsp3) is 0.357. The van der Waals surface area contributed by atoms with Crippen molar-refractivity contribution in [1.82, 2.24) is 14.3 Å². The van der Waals surface area contributed by atoms with Gasteiger partial charge >= 0.3 is 0 Å². The Hall–Kier alpha value is -1.17. The highest BCUT2D eigenvalue weighted by Crippen LogP contribution is 2.34. The number of ether oxygens (including phenoxy) is 1. The lowest BCUT2D eigenvalue weighted by molar-refractivity contribution is -0.134. The molecule has 1 aliphatic rings. The second-order valence-corrected chi connectivity index (χ2v) is 9.11. The second-order valence-electron chi connectivity index (χ2n) is 5.49. The van der Waals surface area contributed by atoms with Gasteiger partial charge in [-0.05, 0) is 12.1 Å². The summed E-state index contributed by atoms with van der Waals surface area (Å²) in [6.07, 6.45) is -0.0271. The number of nitrogens with one attached hydrogen (secondary N) is 1. The predicted octanol–water partition coefficient (Wildman–Crippen LogP) is 2.70. The quantitative estimate of drug-likeness (QED) is 0.719. The zero-order chi connectivity index (χ0) is 19.6. The van der Waals surface area contributed by atoms with Crippen LogP contribution < -0.4 is 4.72 Å². The number of sulfonamides is 1. The molecule has 1 fully saturated rings. The monoisotopic (exact) mass is 470 g/mol. The first-order valence-corrected chi connectivity index (χ1v) is 11.0. The van der Waals surface area contributed by atoms with Gasteiger partial charge in [-0.1, -0.05) is 34.8 Å². The maximum atomic E-state index is 12.6. The smallest absolute Gasteiger partial charge is 0.266 e. The van der Waals surface area contributed by atoms with Crippen LogP contribution in [-0.2, 0) is 26.0 Å². The number of morpholine rings is 1. The van der Waals surface area contributed by atoms with Crippen LogP contribution in [0.3, 0.4) is 0 Å². The number of hydrogen-bond donors (Lipinski definition) is 1. The van der Waals surface area contributed by atoms with Gasteiger partial charge in [-0.25, -0.2) is 13.4 Å². The fourth-order valence-electron chi connectivity index (χ4n) is 2.38. The summed E-state index contributed by atoms with van der Waals surface area (Å²) >= 11 is 18.5. The second kappa shape index (κ2) is 8.46. The molecule has 0 aliphatic carbocycles. The van der Waals surface area contributed by atoms with E-state index >= 15 is 0 Å². The molecule has 1 N–H and O–H groups in total. The summed E-state index contributed by atoms with van der Waals surface area (Å²) in [6, 6.07) is 2.55. The standard InChI is InChI=1S/C14H13Cl3N4O4S2/c15-8-5-9(16)13(10(17)6-8)27(23,24)20-14-18-11(19-26-14)7-12(22)21-1-3-25-4-2-21/h5-6H,1-4,7H2,(H,18,19,20). The van der Waals surface area contributed by atoms with Crippen molar-refractivity contribution in [3.05, 3.63) is 33.0 Å². The maximum absolute atomic E-state index is 12.6. The van der Waals surface area contributed by atoms with E-state index in [2.05, 4.69) is 14.1 Å². The molecule has 1 amide bonds. The van der Waals surface area contributed by atoms with Crippen LogP contribution >= 0.6 is 46.3 Å². The number of nitrogens with zero attached hydrogens (tertiary/aromatic N) is 3. The third-order valence-corrected chi connectivity index (χ3v) is 6.87. The number of halogens is 3. The molecule has 1 aromatic heterocycles. The summed E-state index contributed by atoms with van der Waals surface area (Å²) in [5.41, 5.74) is 0. The van der Waals surface area contributed by atoms with E-state index in [1.807, 2.05) is 0 Å². The minimum absolute atomic E-state index is 0.00172. The molecule has 0 spiro atoms. The molecule has 27 heavy (non-hydrogen) atoms. The minimum atomic E-state index is -4.10.